The fourth-order valence-electron chi connectivity index (χ4n) is 3.54. The van der Waals surface area contributed by atoms with E-state index in [4.69, 9.17) is 9.47 Å². The standard InChI is InChI=1S/C28H25NO4S/c1-3-17-33-23-15-13-21(14-16-23)24-18-34-27(25(24)28(31)32-2)29-26(30)22-11-9-20(10-12-22)19-7-5-4-6-8-19/h4-16,18H,3,17H2,1-2H3,(H,29,30). The van der Waals surface area contributed by atoms with Crippen LogP contribution in [0.2, 0.25) is 0 Å². The second kappa shape index (κ2) is 10.8. The highest BCUT2D eigenvalue weighted by Crippen LogP contribution is 2.37. The fraction of sp³-hybridized carbons (Fsp3) is 0.143. The lowest BCUT2D eigenvalue weighted by atomic mass is 10.0. The number of esters is 1. The van der Waals surface area contributed by atoms with Crippen LogP contribution < -0.4 is 10.1 Å². The Bertz CT molecular complexity index is 1260. The first-order valence-corrected chi connectivity index (χ1v) is 11.9. The predicted octanol–water partition coefficient (Wildman–Crippen LogP) is 6.91. The van der Waals surface area contributed by atoms with Crippen molar-refractivity contribution in [2.24, 2.45) is 0 Å². The second-order valence-electron chi connectivity index (χ2n) is 7.62. The molecule has 1 amide bonds. The van der Waals surface area contributed by atoms with E-state index in [1.165, 1.54) is 18.4 Å². The van der Waals surface area contributed by atoms with Crippen molar-refractivity contribution in [1.29, 1.82) is 0 Å². The molecule has 0 aliphatic rings. The Labute approximate surface area is 203 Å². The monoisotopic (exact) mass is 471 g/mol. The Morgan fingerprint density at radius 1 is 0.853 bits per heavy atom. The molecule has 0 atom stereocenters. The van der Waals surface area contributed by atoms with Crippen LogP contribution in [0, 0.1) is 0 Å². The van der Waals surface area contributed by atoms with Crippen molar-refractivity contribution in [3.05, 3.63) is 95.4 Å². The number of thiophene rings is 1. The zero-order chi connectivity index (χ0) is 23.9. The van der Waals surface area contributed by atoms with Gasteiger partial charge in [-0.05, 0) is 47.4 Å². The minimum Gasteiger partial charge on any atom is -0.494 e. The summed E-state index contributed by atoms with van der Waals surface area (Å²) >= 11 is 1.29. The summed E-state index contributed by atoms with van der Waals surface area (Å²) < 4.78 is 10.7. The smallest absolute Gasteiger partial charge is 0.341 e. The van der Waals surface area contributed by atoms with Crippen LogP contribution in [0.3, 0.4) is 0 Å². The first kappa shape index (κ1) is 23.3. The number of anilines is 1. The van der Waals surface area contributed by atoms with Crippen molar-refractivity contribution in [2.45, 2.75) is 13.3 Å². The number of amides is 1. The van der Waals surface area contributed by atoms with Crippen LogP contribution in [0.5, 0.6) is 5.75 Å². The quantitative estimate of drug-likeness (QED) is 0.284. The van der Waals surface area contributed by atoms with Crippen molar-refractivity contribution < 1.29 is 19.1 Å². The molecule has 34 heavy (non-hydrogen) atoms. The zero-order valence-corrected chi connectivity index (χ0v) is 19.9. The lowest BCUT2D eigenvalue weighted by molar-refractivity contribution is 0.0603. The lowest BCUT2D eigenvalue weighted by Crippen LogP contribution is -2.14. The van der Waals surface area contributed by atoms with Crippen LogP contribution in [0.4, 0.5) is 5.00 Å². The number of carbonyl (C=O) groups excluding carboxylic acids is 2. The van der Waals surface area contributed by atoms with Gasteiger partial charge in [0, 0.05) is 16.5 Å². The molecule has 0 saturated carbocycles. The Morgan fingerprint density at radius 3 is 2.15 bits per heavy atom. The largest absolute Gasteiger partial charge is 0.494 e. The van der Waals surface area contributed by atoms with Gasteiger partial charge in [0.15, 0.2) is 0 Å². The number of hydrogen-bond donors (Lipinski definition) is 1. The van der Waals surface area contributed by atoms with E-state index in [-0.39, 0.29) is 5.91 Å². The van der Waals surface area contributed by atoms with Crippen molar-refractivity contribution >= 4 is 28.2 Å². The number of nitrogens with one attached hydrogen (secondary N) is 1. The summed E-state index contributed by atoms with van der Waals surface area (Å²) in [5.41, 5.74) is 4.49. The minimum absolute atomic E-state index is 0.290. The maximum Gasteiger partial charge on any atom is 0.341 e. The van der Waals surface area contributed by atoms with Crippen LogP contribution >= 0.6 is 11.3 Å². The Morgan fingerprint density at radius 2 is 1.50 bits per heavy atom. The third kappa shape index (κ3) is 5.18. The van der Waals surface area contributed by atoms with Gasteiger partial charge in [-0.2, -0.15) is 0 Å². The van der Waals surface area contributed by atoms with Crippen molar-refractivity contribution in [2.75, 3.05) is 19.0 Å². The minimum atomic E-state index is -0.503. The molecule has 0 aliphatic carbocycles. The van der Waals surface area contributed by atoms with E-state index in [0.717, 1.165) is 28.9 Å². The van der Waals surface area contributed by atoms with Gasteiger partial charge in [0.2, 0.25) is 0 Å². The molecular formula is C28H25NO4S. The molecule has 1 aromatic heterocycles. The van der Waals surface area contributed by atoms with Crippen LogP contribution in [-0.2, 0) is 4.74 Å². The van der Waals surface area contributed by atoms with Gasteiger partial charge in [0.25, 0.3) is 5.91 Å². The molecule has 6 heteroatoms. The Hall–Kier alpha value is -3.90. The number of rotatable bonds is 8. The highest BCUT2D eigenvalue weighted by atomic mass is 32.1. The molecule has 1 heterocycles. The predicted molar refractivity (Wildman–Crippen MR) is 137 cm³/mol. The molecule has 0 unspecified atom stereocenters. The van der Waals surface area contributed by atoms with Crippen LogP contribution in [0.25, 0.3) is 22.3 Å². The van der Waals surface area contributed by atoms with Gasteiger partial charge in [-0.15, -0.1) is 11.3 Å². The molecule has 172 valence electrons. The summed E-state index contributed by atoms with van der Waals surface area (Å²) in [7, 11) is 1.33. The summed E-state index contributed by atoms with van der Waals surface area (Å²) in [5, 5.41) is 5.18. The van der Waals surface area contributed by atoms with Gasteiger partial charge in [-0.3, -0.25) is 4.79 Å². The first-order chi connectivity index (χ1) is 16.6. The van der Waals surface area contributed by atoms with Gasteiger partial charge in [0.05, 0.1) is 13.7 Å². The zero-order valence-electron chi connectivity index (χ0n) is 19.0. The number of carbonyl (C=O) groups is 2. The molecule has 4 aromatic rings. The lowest BCUT2D eigenvalue weighted by Gasteiger charge is -2.09. The number of benzene rings is 3. The van der Waals surface area contributed by atoms with Crippen molar-refractivity contribution in [3.8, 4) is 28.0 Å². The number of methoxy groups -OCH3 is 1. The van der Waals surface area contributed by atoms with Crippen LogP contribution in [-0.4, -0.2) is 25.6 Å². The molecule has 0 bridgehead atoms. The van der Waals surface area contributed by atoms with E-state index in [2.05, 4.69) is 12.2 Å². The number of hydrogen-bond acceptors (Lipinski definition) is 5. The second-order valence-corrected chi connectivity index (χ2v) is 8.50. The molecule has 0 radical (unpaired) electrons. The topological polar surface area (TPSA) is 64.6 Å². The highest BCUT2D eigenvalue weighted by molar-refractivity contribution is 7.15. The summed E-state index contributed by atoms with van der Waals surface area (Å²) in [6, 6.07) is 24.9. The van der Waals surface area contributed by atoms with Gasteiger partial charge in [-0.25, -0.2) is 4.79 Å². The molecule has 1 N–H and O–H groups in total. The van der Waals surface area contributed by atoms with E-state index in [9.17, 15) is 9.59 Å². The van der Waals surface area contributed by atoms with Crippen molar-refractivity contribution in [3.63, 3.8) is 0 Å². The molecule has 0 fully saturated rings. The summed E-state index contributed by atoms with van der Waals surface area (Å²) in [6.07, 6.45) is 0.927. The molecule has 0 spiro atoms. The summed E-state index contributed by atoms with van der Waals surface area (Å²) in [4.78, 5) is 25.6. The fourth-order valence-corrected chi connectivity index (χ4v) is 4.49. The van der Waals surface area contributed by atoms with Crippen molar-refractivity contribution in [1.82, 2.24) is 0 Å². The first-order valence-electron chi connectivity index (χ1n) is 11.0. The van der Waals surface area contributed by atoms with E-state index in [0.29, 0.717) is 28.3 Å². The average Bonchev–Trinajstić information content (AvgIpc) is 3.31. The van der Waals surface area contributed by atoms with Gasteiger partial charge in [-0.1, -0.05) is 61.5 Å². The van der Waals surface area contributed by atoms with E-state index < -0.39 is 5.97 Å². The van der Waals surface area contributed by atoms with Crippen LogP contribution in [0.15, 0.2) is 84.2 Å². The molecule has 3 aromatic carbocycles. The number of ether oxygens (including phenoxy) is 2. The maximum atomic E-state index is 12.9. The molecule has 0 aliphatic heterocycles. The molecule has 5 nitrogen and oxygen atoms in total. The Kier molecular flexibility index (Phi) is 7.40. The Balaban J connectivity index is 1.56. The van der Waals surface area contributed by atoms with Gasteiger partial charge in [0.1, 0.15) is 16.3 Å². The third-order valence-electron chi connectivity index (χ3n) is 5.30. The summed E-state index contributed by atoms with van der Waals surface area (Å²) in [5.74, 6) is -0.0216. The molecular weight excluding hydrogens is 446 g/mol. The average molecular weight is 472 g/mol. The molecule has 4 rings (SSSR count). The highest BCUT2D eigenvalue weighted by Gasteiger charge is 2.23. The van der Waals surface area contributed by atoms with E-state index in [1.807, 2.05) is 72.1 Å². The third-order valence-corrected chi connectivity index (χ3v) is 6.20. The SMILES string of the molecule is CCCOc1ccc(-c2csc(NC(=O)c3ccc(-c4ccccc4)cc3)c2C(=O)OC)cc1. The summed E-state index contributed by atoms with van der Waals surface area (Å²) in [6.45, 7) is 2.70. The van der Waals surface area contributed by atoms with E-state index >= 15 is 0 Å². The van der Waals surface area contributed by atoms with Gasteiger partial charge < -0.3 is 14.8 Å². The van der Waals surface area contributed by atoms with E-state index in [1.54, 1.807) is 12.1 Å². The van der Waals surface area contributed by atoms with Gasteiger partial charge >= 0.3 is 5.97 Å². The maximum absolute atomic E-state index is 12.9. The normalized spacial score (nSPS) is 10.5. The van der Waals surface area contributed by atoms with Crippen LogP contribution in [0.1, 0.15) is 34.1 Å². The molecule has 0 saturated heterocycles.